The summed E-state index contributed by atoms with van der Waals surface area (Å²) in [6.45, 7) is 2.46. The van der Waals surface area contributed by atoms with Crippen LogP contribution in [0.2, 0.25) is 0 Å². The maximum atomic E-state index is 12.9. The lowest BCUT2D eigenvalue weighted by Gasteiger charge is -2.33. The molecular formula is C16H22N2O5S. The molecule has 1 atom stereocenters. The van der Waals surface area contributed by atoms with Crippen molar-refractivity contribution in [1.82, 2.24) is 9.62 Å². The second-order valence-electron chi connectivity index (χ2n) is 6.21. The van der Waals surface area contributed by atoms with Gasteiger partial charge in [-0.15, -0.1) is 0 Å². The summed E-state index contributed by atoms with van der Waals surface area (Å²) in [5, 5.41) is 0. The molecule has 1 fully saturated rings. The van der Waals surface area contributed by atoms with Crippen molar-refractivity contribution < 1.29 is 22.7 Å². The SMILES string of the molecule is CS(=O)(=O)NCC1CCCN(C(=O)c2cccc3c2OCCO3)C1. The van der Waals surface area contributed by atoms with Gasteiger partial charge >= 0.3 is 0 Å². The monoisotopic (exact) mass is 354 g/mol. The summed E-state index contributed by atoms with van der Waals surface area (Å²) in [4.78, 5) is 14.6. The number of hydrogen-bond acceptors (Lipinski definition) is 5. The van der Waals surface area contributed by atoms with Crippen molar-refractivity contribution in [2.75, 3.05) is 39.1 Å². The first-order chi connectivity index (χ1) is 11.4. The van der Waals surface area contributed by atoms with Gasteiger partial charge in [0, 0.05) is 19.6 Å². The lowest BCUT2D eigenvalue weighted by molar-refractivity contribution is 0.0666. The predicted molar refractivity (Wildman–Crippen MR) is 88.9 cm³/mol. The zero-order valence-corrected chi connectivity index (χ0v) is 14.5. The Hall–Kier alpha value is -1.80. The average Bonchev–Trinajstić information content (AvgIpc) is 2.58. The van der Waals surface area contributed by atoms with Crippen LogP contribution in [0, 0.1) is 5.92 Å². The first kappa shape index (κ1) is 17.0. The average molecular weight is 354 g/mol. The Labute approximate surface area is 142 Å². The van der Waals surface area contributed by atoms with Crippen molar-refractivity contribution in [1.29, 1.82) is 0 Å². The topological polar surface area (TPSA) is 84.9 Å². The number of rotatable bonds is 4. The lowest BCUT2D eigenvalue weighted by atomic mass is 9.97. The summed E-state index contributed by atoms with van der Waals surface area (Å²) in [7, 11) is -3.22. The van der Waals surface area contributed by atoms with E-state index in [9.17, 15) is 13.2 Å². The molecular weight excluding hydrogens is 332 g/mol. The fourth-order valence-electron chi connectivity index (χ4n) is 3.10. The van der Waals surface area contributed by atoms with Crippen LogP contribution >= 0.6 is 0 Å². The highest BCUT2D eigenvalue weighted by Crippen LogP contribution is 2.34. The number of likely N-dealkylation sites (tertiary alicyclic amines) is 1. The molecule has 0 spiro atoms. The standard InChI is InChI=1S/C16H22N2O5S/c1-24(20,21)17-10-12-4-3-7-18(11-12)16(19)13-5-2-6-14-15(13)23-9-8-22-14/h2,5-6,12,17H,3-4,7-11H2,1H3. The van der Waals surface area contributed by atoms with Gasteiger partial charge in [0.2, 0.25) is 10.0 Å². The normalized spacial score (nSPS) is 20.7. The van der Waals surface area contributed by atoms with Crippen molar-refractivity contribution >= 4 is 15.9 Å². The van der Waals surface area contributed by atoms with Crippen LogP contribution in [0.4, 0.5) is 0 Å². The van der Waals surface area contributed by atoms with Gasteiger partial charge in [-0.1, -0.05) is 6.07 Å². The molecule has 8 heteroatoms. The zero-order chi connectivity index (χ0) is 17.2. The third kappa shape index (κ3) is 3.99. The number of hydrogen-bond donors (Lipinski definition) is 1. The van der Waals surface area contributed by atoms with Crippen molar-refractivity contribution in [2.45, 2.75) is 12.8 Å². The first-order valence-corrected chi connectivity index (χ1v) is 9.96. The molecule has 0 aromatic heterocycles. The van der Waals surface area contributed by atoms with E-state index in [1.807, 2.05) is 0 Å². The smallest absolute Gasteiger partial charge is 0.257 e. The molecule has 1 aromatic carbocycles. The number of ether oxygens (including phenoxy) is 2. The maximum Gasteiger partial charge on any atom is 0.257 e. The summed E-state index contributed by atoms with van der Waals surface area (Å²) in [5.41, 5.74) is 0.504. The van der Waals surface area contributed by atoms with Crippen LogP contribution in [0.15, 0.2) is 18.2 Å². The summed E-state index contributed by atoms with van der Waals surface area (Å²) in [6, 6.07) is 5.32. The van der Waals surface area contributed by atoms with E-state index in [1.165, 1.54) is 0 Å². The molecule has 132 valence electrons. The molecule has 3 rings (SSSR count). The molecule has 7 nitrogen and oxygen atoms in total. The first-order valence-electron chi connectivity index (χ1n) is 8.06. The summed E-state index contributed by atoms with van der Waals surface area (Å²) in [6.07, 6.45) is 2.90. The van der Waals surface area contributed by atoms with Crippen LogP contribution in [-0.4, -0.2) is 58.3 Å². The van der Waals surface area contributed by atoms with E-state index in [0.717, 1.165) is 19.1 Å². The van der Waals surface area contributed by atoms with Gasteiger partial charge in [0.1, 0.15) is 13.2 Å². The van der Waals surface area contributed by atoms with E-state index < -0.39 is 10.0 Å². The molecule has 2 heterocycles. The second-order valence-corrected chi connectivity index (χ2v) is 8.04. The fraction of sp³-hybridized carbons (Fsp3) is 0.562. The lowest BCUT2D eigenvalue weighted by Crippen LogP contribution is -2.43. The number of carbonyl (C=O) groups excluding carboxylic acids is 1. The molecule has 0 saturated carbocycles. The van der Waals surface area contributed by atoms with E-state index in [-0.39, 0.29) is 11.8 Å². The van der Waals surface area contributed by atoms with E-state index in [0.29, 0.717) is 49.9 Å². The third-order valence-corrected chi connectivity index (χ3v) is 4.93. The van der Waals surface area contributed by atoms with Crippen molar-refractivity contribution in [3.63, 3.8) is 0 Å². The van der Waals surface area contributed by atoms with Gasteiger partial charge in [-0.3, -0.25) is 4.79 Å². The van der Waals surface area contributed by atoms with Gasteiger partial charge in [0.15, 0.2) is 11.5 Å². The quantitative estimate of drug-likeness (QED) is 0.867. The highest BCUT2D eigenvalue weighted by Gasteiger charge is 2.28. The largest absolute Gasteiger partial charge is 0.486 e. The molecule has 0 radical (unpaired) electrons. The molecule has 0 bridgehead atoms. The number of piperidine rings is 1. The Morgan fingerprint density at radius 1 is 1.33 bits per heavy atom. The van der Waals surface area contributed by atoms with Crippen LogP contribution in [0.3, 0.4) is 0 Å². The number of nitrogens with one attached hydrogen (secondary N) is 1. The van der Waals surface area contributed by atoms with Gasteiger partial charge in [-0.2, -0.15) is 0 Å². The molecule has 2 aliphatic rings. The minimum absolute atomic E-state index is 0.0959. The molecule has 1 aromatic rings. The van der Waals surface area contributed by atoms with E-state index in [4.69, 9.17) is 9.47 Å². The molecule has 24 heavy (non-hydrogen) atoms. The molecule has 2 aliphatic heterocycles. The van der Waals surface area contributed by atoms with Crippen molar-refractivity contribution in [3.8, 4) is 11.5 Å². The number of sulfonamides is 1. The van der Waals surface area contributed by atoms with Gasteiger partial charge in [-0.05, 0) is 30.9 Å². The van der Waals surface area contributed by atoms with Crippen LogP contribution in [0.1, 0.15) is 23.2 Å². The van der Waals surface area contributed by atoms with Gasteiger partial charge in [0.25, 0.3) is 5.91 Å². The van der Waals surface area contributed by atoms with Crippen LogP contribution in [-0.2, 0) is 10.0 Å². The minimum Gasteiger partial charge on any atom is -0.486 e. The van der Waals surface area contributed by atoms with Gasteiger partial charge in [-0.25, -0.2) is 13.1 Å². The number of benzene rings is 1. The molecule has 1 unspecified atom stereocenters. The highest BCUT2D eigenvalue weighted by atomic mass is 32.2. The van der Waals surface area contributed by atoms with Gasteiger partial charge < -0.3 is 14.4 Å². The zero-order valence-electron chi connectivity index (χ0n) is 13.7. The Balaban J connectivity index is 1.71. The summed E-state index contributed by atoms with van der Waals surface area (Å²) < 4.78 is 36.2. The summed E-state index contributed by atoms with van der Waals surface area (Å²) in [5.74, 6) is 1.13. The van der Waals surface area contributed by atoms with Crippen LogP contribution in [0.5, 0.6) is 11.5 Å². The van der Waals surface area contributed by atoms with Crippen LogP contribution < -0.4 is 14.2 Å². The van der Waals surface area contributed by atoms with E-state index in [1.54, 1.807) is 23.1 Å². The maximum absolute atomic E-state index is 12.9. The van der Waals surface area contributed by atoms with E-state index >= 15 is 0 Å². The molecule has 1 N–H and O–H groups in total. The molecule has 1 saturated heterocycles. The number of fused-ring (bicyclic) bond motifs is 1. The Morgan fingerprint density at radius 3 is 2.92 bits per heavy atom. The summed E-state index contributed by atoms with van der Waals surface area (Å²) >= 11 is 0. The van der Waals surface area contributed by atoms with Crippen molar-refractivity contribution in [2.24, 2.45) is 5.92 Å². The Bertz CT molecular complexity index is 719. The highest BCUT2D eigenvalue weighted by molar-refractivity contribution is 7.88. The number of carbonyl (C=O) groups is 1. The molecule has 0 aliphatic carbocycles. The Kier molecular flexibility index (Phi) is 4.96. The predicted octanol–water partition coefficient (Wildman–Crippen LogP) is 0.859. The third-order valence-electron chi connectivity index (χ3n) is 4.24. The minimum atomic E-state index is -3.22. The number of amides is 1. The fourth-order valence-corrected chi connectivity index (χ4v) is 3.64. The second kappa shape index (κ2) is 6.98. The van der Waals surface area contributed by atoms with Crippen LogP contribution in [0.25, 0.3) is 0 Å². The van der Waals surface area contributed by atoms with Gasteiger partial charge in [0.05, 0.1) is 11.8 Å². The number of nitrogens with zero attached hydrogens (tertiary/aromatic N) is 1. The molecule has 1 amide bonds. The number of para-hydroxylation sites is 1. The Morgan fingerprint density at radius 2 is 2.12 bits per heavy atom. The van der Waals surface area contributed by atoms with Crippen molar-refractivity contribution in [3.05, 3.63) is 23.8 Å². The van der Waals surface area contributed by atoms with E-state index in [2.05, 4.69) is 4.72 Å².